The molecule has 112 valence electrons. The standard InChI is InChI=1S/C16H18O3S2/c1-3-15(17)14-6-4-5-7-16(14)20-12-8-10-13(11-9-12)21(2,18)19/h4-11,15,17H,3H2,1-2H3/t15-/m1/s1. The monoisotopic (exact) mass is 322 g/mol. The highest BCUT2D eigenvalue weighted by molar-refractivity contribution is 7.99. The minimum atomic E-state index is -3.17. The Bertz CT molecular complexity index is 707. The number of hydrogen-bond acceptors (Lipinski definition) is 4. The van der Waals surface area contributed by atoms with Gasteiger partial charge < -0.3 is 5.11 Å². The van der Waals surface area contributed by atoms with E-state index in [9.17, 15) is 13.5 Å². The van der Waals surface area contributed by atoms with Crippen LogP contribution in [0.2, 0.25) is 0 Å². The Labute approximate surface area is 129 Å². The Kier molecular flexibility index (Phi) is 5.08. The molecule has 0 fully saturated rings. The van der Waals surface area contributed by atoms with Gasteiger partial charge in [0, 0.05) is 16.0 Å². The number of sulfone groups is 1. The summed E-state index contributed by atoms with van der Waals surface area (Å²) in [5.74, 6) is 0. The van der Waals surface area contributed by atoms with Gasteiger partial charge in [0.1, 0.15) is 0 Å². The van der Waals surface area contributed by atoms with Gasteiger partial charge in [-0.05, 0) is 42.3 Å². The first kappa shape index (κ1) is 16.1. The second-order valence-electron chi connectivity index (χ2n) is 4.81. The number of aliphatic hydroxyl groups is 1. The average Bonchev–Trinajstić information content (AvgIpc) is 2.46. The lowest BCUT2D eigenvalue weighted by atomic mass is 10.1. The van der Waals surface area contributed by atoms with Crippen molar-refractivity contribution in [3.8, 4) is 0 Å². The molecule has 0 aromatic heterocycles. The second-order valence-corrected chi connectivity index (χ2v) is 7.94. The zero-order valence-corrected chi connectivity index (χ0v) is 13.6. The molecule has 2 aromatic rings. The van der Waals surface area contributed by atoms with Crippen molar-refractivity contribution in [2.45, 2.75) is 34.1 Å². The van der Waals surface area contributed by atoms with E-state index < -0.39 is 15.9 Å². The third kappa shape index (κ3) is 4.09. The first-order valence-electron chi connectivity index (χ1n) is 6.66. The predicted octanol–water partition coefficient (Wildman–Crippen LogP) is 3.68. The summed E-state index contributed by atoms with van der Waals surface area (Å²) in [5, 5.41) is 10.0. The van der Waals surface area contributed by atoms with Gasteiger partial charge in [-0.25, -0.2) is 8.42 Å². The molecule has 0 aliphatic heterocycles. The third-order valence-electron chi connectivity index (χ3n) is 3.14. The fraction of sp³-hybridized carbons (Fsp3) is 0.250. The molecule has 0 aliphatic carbocycles. The van der Waals surface area contributed by atoms with Crippen LogP contribution in [-0.4, -0.2) is 19.8 Å². The highest BCUT2D eigenvalue weighted by Gasteiger charge is 2.12. The van der Waals surface area contributed by atoms with E-state index in [4.69, 9.17) is 0 Å². The number of hydrogen-bond donors (Lipinski definition) is 1. The van der Waals surface area contributed by atoms with Crippen molar-refractivity contribution in [1.29, 1.82) is 0 Å². The van der Waals surface area contributed by atoms with Crippen LogP contribution >= 0.6 is 11.8 Å². The van der Waals surface area contributed by atoms with Gasteiger partial charge in [-0.3, -0.25) is 0 Å². The molecule has 0 saturated carbocycles. The van der Waals surface area contributed by atoms with E-state index in [1.165, 1.54) is 18.0 Å². The summed E-state index contributed by atoms with van der Waals surface area (Å²) in [4.78, 5) is 2.24. The van der Waals surface area contributed by atoms with Crippen LogP contribution in [0.15, 0.2) is 63.2 Å². The van der Waals surface area contributed by atoms with Crippen molar-refractivity contribution in [2.24, 2.45) is 0 Å². The van der Waals surface area contributed by atoms with Gasteiger partial charge in [-0.15, -0.1) is 0 Å². The van der Waals surface area contributed by atoms with E-state index >= 15 is 0 Å². The Hall–Kier alpha value is -1.30. The largest absolute Gasteiger partial charge is 0.388 e. The van der Waals surface area contributed by atoms with E-state index in [2.05, 4.69) is 0 Å². The summed E-state index contributed by atoms with van der Waals surface area (Å²) in [7, 11) is -3.17. The third-order valence-corrected chi connectivity index (χ3v) is 5.37. The van der Waals surface area contributed by atoms with E-state index in [0.717, 1.165) is 15.4 Å². The first-order valence-corrected chi connectivity index (χ1v) is 9.37. The molecule has 0 spiro atoms. The lowest BCUT2D eigenvalue weighted by molar-refractivity contribution is 0.171. The predicted molar refractivity (Wildman–Crippen MR) is 85.4 cm³/mol. The Balaban J connectivity index is 2.27. The van der Waals surface area contributed by atoms with Gasteiger partial charge >= 0.3 is 0 Å². The summed E-state index contributed by atoms with van der Waals surface area (Å²) in [5.41, 5.74) is 0.900. The van der Waals surface area contributed by atoms with Crippen molar-refractivity contribution in [2.75, 3.05) is 6.26 Å². The molecule has 1 atom stereocenters. The molecule has 5 heteroatoms. The molecule has 0 radical (unpaired) electrons. The molecule has 0 aliphatic rings. The lowest BCUT2D eigenvalue weighted by Gasteiger charge is -2.13. The van der Waals surface area contributed by atoms with Crippen LogP contribution < -0.4 is 0 Å². The summed E-state index contributed by atoms with van der Waals surface area (Å²) < 4.78 is 22.9. The molecule has 2 rings (SSSR count). The van der Waals surface area contributed by atoms with E-state index in [1.54, 1.807) is 24.3 Å². The van der Waals surface area contributed by atoms with Gasteiger partial charge in [0.2, 0.25) is 0 Å². The normalized spacial score (nSPS) is 13.1. The van der Waals surface area contributed by atoms with Crippen molar-refractivity contribution < 1.29 is 13.5 Å². The molecule has 0 unspecified atom stereocenters. The van der Waals surface area contributed by atoms with Gasteiger partial charge in [0.25, 0.3) is 0 Å². The van der Waals surface area contributed by atoms with Crippen molar-refractivity contribution in [3.05, 3.63) is 54.1 Å². The van der Waals surface area contributed by atoms with Crippen LogP contribution in [0.3, 0.4) is 0 Å². The number of benzene rings is 2. The molecule has 0 amide bonds. The topological polar surface area (TPSA) is 54.4 Å². The van der Waals surface area contributed by atoms with Crippen LogP contribution in [-0.2, 0) is 9.84 Å². The van der Waals surface area contributed by atoms with Crippen molar-refractivity contribution in [1.82, 2.24) is 0 Å². The molecular formula is C16H18O3S2. The molecule has 2 aromatic carbocycles. The smallest absolute Gasteiger partial charge is 0.175 e. The van der Waals surface area contributed by atoms with E-state index in [0.29, 0.717) is 11.3 Å². The first-order chi connectivity index (χ1) is 9.91. The van der Waals surface area contributed by atoms with Crippen molar-refractivity contribution in [3.63, 3.8) is 0 Å². The molecule has 0 bridgehead atoms. The van der Waals surface area contributed by atoms with Crippen LogP contribution in [0.5, 0.6) is 0 Å². The summed E-state index contributed by atoms with van der Waals surface area (Å²) in [6.07, 6.45) is 1.37. The average molecular weight is 322 g/mol. The van der Waals surface area contributed by atoms with Crippen LogP contribution in [0.25, 0.3) is 0 Å². The quantitative estimate of drug-likeness (QED) is 0.912. The Morgan fingerprint density at radius 2 is 1.71 bits per heavy atom. The zero-order valence-electron chi connectivity index (χ0n) is 12.0. The summed E-state index contributed by atoms with van der Waals surface area (Å²) >= 11 is 1.52. The molecule has 1 N–H and O–H groups in total. The number of rotatable bonds is 5. The van der Waals surface area contributed by atoms with Gasteiger partial charge in [-0.2, -0.15) is 0 Å². The number of aliphatic hydroxyl groups excluding tert-OH is 1. The van der Waals surface area contributed by atoms with Gasteiger partial charge in [0.15, 0.2) is 9.84 Å². The molecule has 21 heavy (non-hydrogen) atoms. The minimum Gasteiger partial charge on any atom is -0.388 e. The maximum Gasteiger partial charge on any atom is 0.175 e. The molecular weight excluding hydrogens is 304 g/mol. The van der Waals surface area contributed by atoms with Gasteiger partial charge in [-0.1, -0.05) is 36.9 Å². The highest BCUT2D eigenvalue weighted by Crippen LogP contribution is 2.34. The summed E-state index contributed by atoms with van der Waals surface area (Å²) in [6, 6.07) is 14.5. The molecule has 3 nitrogen and oxygen atoms in total. The zero-order chi connectivity index (χ0) is 15.5. The Morgan fingerprint density at radius 3 is 2.29 bits per heavy atom. The fourth-order valence-electron chi connectivity index (χ4n) is 1.95. The lowest BCUT2D eigenvalue weighted by Crippen LogP contribution is -1.97. The van der Waals surface area contributed by atoms with Crippen LogP contribution in [0, 0.1) is 0 Å². The van der Waals surface area contributed by atoms with E-state index in [1.807, 2.05) is 31.2 Å². The highest BCUT2D eigenvalue weighted by atomic mass is 32.2. The maximum absolute atomic E-state index is 11.4. The minimum absolute atomic E-state index is 0.314. The SMILES string of the molecule is CC[C@@H](O)c1ccccc1Sc1ccc(S(C)(=O)=O)cc1. The Morgan fingerprint density at radius 1 is 1.10 bits per heavy atom. The maximum atomic E-state index is 11.4. The van der Waals surface area contributed by atoms with Crippen molar-refractivity contribution >= 4 is 21.6 Å². The van der Waals surface area contributed by atoms with Crippen LogP contribution in [0.4, 0.5) is 0 Å². The summed E-state index contributed by atoms with van der Waals surface area (Å²) in [6.45, 7) is 1.94. The molecule has 0 heterocycles. The van der Waals surface area contributed by atoms with Gasteiger partial charge in [0.05, 0.1) is 11.0 Å². The van der Waals surface area contributed by atoms with E-state index in [-0.39, 0.29) is 0 Å². The molecule has 0 saturated heterocycles. The second kappa shape index (κ2) is 6.64. The van der Waals surface area contributed by atoms with Crippen LogP contribution in [0.1, 0.15) is 25.0 Å². The fourth-order valence-corrected chi connectivity index (χ4v) is 3.58.